The van der Waals surface area contributed by atoms with E-state index < -0.39 is 29.1 Å². The van der Waals surface area contributed by atoms with Gasteiger partial charge in [0.15, 0.2) is 5.78 Å². The van der Waals surface area contributed by atoms with Gasteiger partial charge in [-0.2, -0.15) is 8.42 Å². The van der Waals surface area contributed by atoms with Crippen molar-refractivity contribution in [3.8, 4) is 0 Å². The maximum atomic E-state index is 11.6. The Kier molecular flexibility index (Phi) is 18.1. The Morgan fingerprint density at radius 3 is 1.93 bits per heavy atom. The van der Waals surface area contributed by atoms with Crippen LogP contribution in [0.15, 0.2) is 12.2 Å². The molecule has 0 atom stereocenters. The van der Waals surface area contributed by atoms with Crippen LogP contribution in [0.4, 0.5) is 0 Å². The highest BCUT2D eigenvalue weighted by atomic mass is 32.2. The van der Waals surface area contributed by atoms with E-state index in [-0.39, 0.29) is 5.78 Å². The lowest BCUT2D eigenvalue weighted by atomic mass is 10.1. The minimum atomic E-state index is -3.76. The molecule has 0 radical (unpaired) electrons. The molecule has 0 aromatic carbocycles. The third kappa shape index (κ3) is 19.8. The number of Topliss-reactive ketones (excluding diaryl/α,β-unsaturated/α-hetero) is 1. The molecule has 27 heavy (non-hydrogen) atoms. The van der Waals surface area contributed by atoms with E-state index in [9.17, 15) is 13.2 Å². The molecule has 0 rings (SSSR count). The van der Waals surface area contributed by atoms with E-state index in [4.69, 9.17) is 5.11 Å². The molecule has 0 saturated heterocycles. The smallest absolute Gasteiger partial charge is 0.270 e. The van der Waals surface area contributed by atoms with Gasteiger partial charge in [-0.25, -0.2) is 0 Å². The largest absolute Gasteiger partial charge is 0.395 e. The Bertz CT molecular complexity index is 471. The van der Waals surface area contributed by atoms with Crippen molar-refractivity contribution in [1.82, 2.24) is 0 Å². The number of rotatable bonds is 20. The number of hydrogen-bond acceptors (Lipinski definition) is 5. The fourth-order valence-electron chi connectivity index (χ4n) is 2.79. The highest BCUT2D eigenvalue weighted by molar-refractivity contribution is 7.86. The summed E-state index contributed by atoms with van der Waals surface area (Å²) in [5.41, 5.74) is 0. The second-order valence-corrected chi connectivity index (χ2v) is 8.88. The van der Waals surface area contributed by atoms with E-state index in [1.54, 1.807) is 0 Å². The van der Waals surface area contributed by atoms with Crippen molar-refractivity contribution in [2.75, 3.05) is 19.0 Å². The van der Waals surface area contributed by atoms with E-state index >= 15 is 0 Å². The first-order valence-electron chi connectivity index (χ1n) is 10.7. The standard InChI is InChI=1S/C21H40O5S/c1-2-3-4-5-6-7-8-9-10-11-12-13-14-15-16-17-21(23)20-26-27(24,25)19-18-22/h9-10,22H,2-8,11-20H2,1H3/b10-9-. The van der Waals surface area contributed by atoms with Gasteiger partial charge in [0.2, 0.25) is 0 Å². The lowest BCUT2D eigenvalue weighted by Crippen LogP contribution is -2.18. The average molecular weight is 405 g/mol. The topological polar surface area (TPSA) is 80.7 Å². The van der Waals surface area contributed by atoms with E-state index in [1.165, 1.54) is 51.4 Å². The van der Waals surface area contributed by atoms with E-state index in [1.807, 2.05) is 0 Å². The predicted octanol–water partition coefficient (Wildman–Crippen LogP) is 4.93. The van der Waals surface area contributed by atoms with Crippen molar-refractivity contribution in [1.29, 1.82) is 0 Å². The van der Waals surface area contributed by atoms with Crippen LogP contribution in [0, 0.1) is 0 Å². The summed E-state index contributed by atoms with van der Waals surface area (Å²) in [7, 11) is -3.76. The van der Waals surface area contributed by atoms with Crippen LogP contribution in [0.3, 0.4) is 0 Å². The first kappa shape index (κ1) is 26.3. The summed E-state index contributed by atoms with van der Waals surface area (Å²) >= 11 is 0. The Morgan fingerprint density at radius 1 is 0.852 bits per heavy atom. The molecule has 160 valence electrons. The molecule has 0 aliphatic carbocycles. The van der Waals surface area contributed by atoms with Gasteiger partial charge in [0.05, 0.1) is 12.4 Å². The summed E-state index contributed by atoms with van der Waals surface area (Å²) in [5.74, 6) is -0.664. The fourth-order valence-corrected chi connectivity index (χ4v) is 3.44. The van der Waals surface area contributed by atoms with E-state index in [0.29, 0.717) is 6.42 Å². The number of hydrogen-bond donors (Lipinski definition) is 1. The molecule has 0 heterocycles. The molecular formula is C21H40O5S. The number of aliphatic hydroxyl groups is 1. The number of ketones is 1. The third-order valence-electron chi connectivity index (χ3n) is 4.46. The molecule has 0 unspecified atom stereocenters. The molecule has 0 spiro atoms. The van der Waals surface area contributed by atoms with Gasteiger partial charge in [-0.15, -0.1) is 0 Å². The fraction of sp³-hybridized carbons (Fsp3) is 0.857. The second-order valence-electron chi connectivity index (χ2n) is 7.12. The van der Waals surface area contributed by atoms with Gasteiger partial charge in [0, 0.05) is 6.42 Å². The quantitative estimate of drug-likeness (QED) is 0.177. The Hall–Kier alpha value is -0.720. The van der Waals surface area contributed by atoms with Gasteiger partial charge < -0.3 is 5.11 Å². The SMILES string of the molecule is CCCCCCCC/C=C\CCCCCCCC(=O)COS(=O)(=O)CCO. The predicted molar refractivity (Wildman–Crippen MR) is 111 cm³/mol. The minimum Gasteiger partial charge on any atom is -0.395 e. The molecular weight excluding hydrogens is 364 g/mol. The first-order valence-corrected chi connectivity index (χ1v) is 12.2. The highest BCUT2D eigenvalue weighted by Gasteiger charge is 2.12. The van der Waals surface area contributed by atoms with Crippen LogP contribution in [0.5, 0.6) is 0 Å². The maximum Gasteiger partial charge on any atom is 0.270 e. The van der Waals surface area contributed by atoms with Crippen molar-refractivity contribution in [2.24, 2.45) is 0 Å². The van der Waals surface area contributed by atoms with Crippen LogP contribution in [0.1, 0.15) is 96.8 Å². The van der Waals surface area contributed by atoms with Gasteiger partial charge in [0.1, 0.15) is 6.61 Å². The summed E-state index contributed by atoms with van der Waals surface area (Å²) in [6.07, 6.45) is 20.6. The van der Waals surface area contributed by atoms with Gasteiger partial charge in [0.25, 0.3) is 10.1 Å². The van der Waals surface area contributed by atoms with Crippen LogP contribution in [0.2, 0.25) is 0 Å². The van der Waals surface area contributed by atoms with Gasteiger partial charge in [-0.1, -0.05) is 70.4 Å². The maximum absolute atomic E-state index is 11.6. The van der Waals surface area contributed by atoms with Gasteiger partial charge in [-0.3, -0.25) is 8.98 Å². The van der Waals surface area contributed by atoms with Gasteiger partial charge >= 0.3 is 0 Å². The number of carbonyl (C=O) groups excluding carboxylic acids is 1. The van der Waals surface area contributed by atoms with Crippen LogP contribution in [-0.4, -0.2) is 38.3 Å². The summed E-state index contributed by atoms with van der Waals surface area (Å²) < 4.78 is 27.0. The number of unbranched alkanes of at least 4 members (excludes halogenated alkanes) is 11. The molecule has 0 fully saturated rings. The van der Waals surface area contributed by atoms with Crippen molar-refractivity contribution >= 4 is 15.9 Å². The third-order valence-corrected chi connectivity index (χ3v) is 5.62. The van der Waals surface area contributed by atoms with Crippen molar-refractivity contribution in [2.45, 2.75) is 96.8 Å². The molecule has 0 aromatic rings. The van der Waals surface area contributed by atoms with Crippen LogP contribution >= 0.6 is 0 Å². The zero-order valence-electron chi connectivity index (χ0n) is 17.2. The Morgan fingerprint density at radius 2 is 1.37 bits per heavy atom. The highest BCUT2D eigenvalue weighted by Crippen LogP contribution is 2.10. The second kappa shape index (κ2) is 18.6. The van der Waals surface area contributed by atoms with Crippen molar-refractivity contribution in [3.63, 3.8) is 0 Å². The monoisotopic (exact) mass is 404 g/mol. The zero-order valence-corrected chi connectivity index (χ0v) is 18.0. The number of aliphatic hydroxyl groups excluding tert-OH is 1. The normalized spacial score (nSPS) is 12.1. The summed E-state index contributed by atoms with van der Waals surface area (Å²) in [5, 5.41) is 8.57. The van der Waals surface area contributed by atoms with Crippen molar-refractivity contribution < 1.29 is 22.5 Å². The molecule has 0 bridgehead atoms. The van der Waals surface area contributed by atoms with Crippen LogP contribution in [-0.2, 0) is 19.1 Å². The molecule has 0 saturated carbocycles. The number of allylic oxidation sites excluding steroid dienone is 2. The van der Waals surface area contributed by atoms with Gasteiger partial charge in [-0.05, 0) is 32.1 Å². The summed E-state index contributed by atoms with van der Waals surface area (Å²) in [6.45, 7) is 1.34. The van der Waals surface area contributed by atoms with Crippen LogP contribution < -0.4 is 0 Å². The molecule has 5 nitrogen and oxygen atoms in total. The summed E-state index contributed by atoms with van der Waals surface area (Å²) in [6, 6.07) is 0. The van der Waals surface area contributed by atoms with Crippen LogP contribution in [0.25, 0.3) is 0 Å². The van der Waals surface area contributed by atoms with E-state index in [0.717, 1.165) is 32.1 Å². The van der Waals surface area contributed by atoms with E-state index in [2.05, 4.69) is 23.3 Å². The Balaban J connectivity index is 3.37. The molecule has 0 aliphatic heterocycles. The molecule has 0 aromatic heterocycles. The average Bonchev–Trinajstić information content (AvgIpc) is 2.63. The minimum absolute atomic E-state index is 0.200. The molecule has 6 heteroatoms. The zero-order chi connectivity index (χ0) is 20.2. The lowest BCUT2D eigenvalue weighted by Gasteiger charge is -2.04. The molecule has 0 aliphatic rings. The lowest BCUT2D eigenvalue weighted by molar-refractivity contribution is -0.121. The number of carbonyl (C=O) groups is 1. The first-order chi connectivity index (χ1) is 13.0. The summed E-state index contributed by atoms with van der Waals surface area (Å²) in [4.78, 5) is 11.6. The molecule has 1 N–H and O–H groups in total. The van der Waals surface area contributed by atoms with Crippen molar-refractivity contribution in [3.05, 3.63) is 12.2 Å². The Labute approximate surface area is 166 Å². The molecule has 0 amide bonds.